The molecular formula is C13H24N4O. The highest BCUT2D eigenvalue weighted by molar-refractivity contribution is 5.24. The number of nitrogens with one attached hydrogen (secondary N) is 2. The lowest BCUT2D eigenvalue weighted by atomic mass is 9.90. The van der Waals surface area contributed by atoms with Crippen molar-refractivity contribution in [3.8, 4) is 0 Å². The SMILES string of the molecule is CCC(CC)(CC)Nc1nnc(CNC2CC2)o1. The van der Waals surface area contributed by atoms with Crippen LogP contribution in [-0.4, -0.2) is 21.8 Å². The Bertz CT molecular complexity index is 361. The largest absolute Gasteiger partial charge is 0.407 e. The molecule has 0 atom stereocenters. The molecule has 0 bridgehead atoms. The normalized spacial score (nSPS) is 15.9. The maximum atomic E-state index is 5.63. The van der Waals surface area contributed by atoms with Crippen molar-refractivity contribution in [3.63, 3.8) is 0 Å². The first-order valence-electron chi connectivity index (χ1n) is 7.05. The van der Waals surface area contributed by atoms with Gasteiger partial charge >= 0.3 is 6.01 Å². The number of hydrogen-bond acceptors (Lipinski definition) is 5. The van der Waals surface area contributed by atoms with E-state index in [1.807, 2.05) is 0 Å². The monoisotopic (exact) mass is 252 g/mol. The molecule has 1 aromatic rings. The maximum Gasteiger partial charge on any atom is 0.315 e. The fraction of sp³-hybridized carbons (Fsp3) is 0.846. The average molecular weight is 252 g/mol. The van der Waals surface area contributed by atoms with Crippen LogP contribution in [0.1, 0.15) is 58.8 Å². The fourth-order valence-corrected chi connectivity index (χ4v) is 2.14. The minimum Gasteiger partial charge on any atom is -0.407 e. The second kappa shape index (κ2) is 5.69. The predicted octanol–water partition coefficient (Wildman–Crippen LogP) is 2.70. The fourth-order valence-electron chi connectivity index (χ4n) is 2.14. The molecule has 0 unspecified atom stereocenters. The summed E-state index contributed by atoms with van der Waals surface area (Å²) in [6, 6.07) is 1.21. The van der Waals surface area contributed by atoms with Crippen molar-refractivity contribution >= 4 is 6.01 Å². The van der Waals surface area contributed by atoms with Crippen LogP contribution in [-0.2, 0) is 6.54 Å². The van der Waals surface area contributed by atoms with Crippen molar-refractivity contribution in [1.82, 2.24) is 15.5 Å². The Labute approximate surface area is 109 Å². The third-order valence-corrected chi connectivity index (χ3v) is 3.99. The van der Waals surface area contributed by atoms with Crippen LogP contribution in [0.5, 0.6) is 0 Å². The minimum absolute atomic E-state index is 0.0771. The van der Waals surface area contributed by atoms with E-state index >= 15 is 0 Å². The van der Waals surface area contributed by atoms with Gasteiger partial charge in [0.2, 0.25) is 5.89 Å². The van der Waals surface area contributed by atoms with E-state index in [1.54, 1.807) is 0 Å². The van der Waals surface area contributed by atoms with Crippen LogP contribution in [0.15, 0.2) is 4.42 Å². The summed E-state index contributed by atoms with van der Waals surface area (Å²) in [5, 5.41) is 14.9. The Hall–Kier alpha value is -1.10. The van der Waals surface area contributed by atoms with Crippen molar-refractivity contribution in [2.75, 3.05) is 5.32 Å². The predicted molar refractivity (Wildman–Crippen MR) is 71.4 cm³/mol. The van der Waals surface area contributed by atoms with Gasteiger partial charge in [-0.1, -0.05) is 25.9 Å². The molecule has 1 saturated carbocycles. The lowest BCUT2D eigenvalue weighted by Gasteiger charge is -2.30. The molecule has 5 nitrogen and oxygen atoms in total. The zero-order valence-corrected chi connectivity index (χ0v) is 11.6. The Morgan fingerprint density at radius 2 is 1.83 bits per heavy atom. The molecule has 5 heteroatoms. The second-order valence-electron chi connectivity index (χ2n) is 5.12. The molecule has 2 N–H and O–H groups in total. The molecule has 0 spiro atoms. The van der Waals surface area contributed by atoms with Crippen LogP contribution in [0.4, 0.5) is 6.01 Å². The third-order valence-electron chi connectivity index (χ3n) is 3.99. The number of nitrogens with zero attached hydrogens (tertiary/aromatic N) is 2. The van der Waals surface area contributed by atoms with Gasteiger partial charge in [-0.2, -0.15) is 0 Å². The van der Waals surface area contributed by atoms with Crippen LogP contribution in [0.25, 0.3) is 0 Å². The maximum absolute atomic E-state index is 5.63. The van der Waals surface area contributed by atoms with Crippen LogP contribution in [0.2, 0.25) is 0 Å². The molecule has 0 aliphatic heterocycles. The summed E-state index contributed by atoms with van der Waals surface area (Å²) < 4.78 is 5.63. The van der Waals surface area contributed by atoms with E-state index in [1.165, 1.54) is 12.8 Å². The minimum atomic E-state index is 0.0771. The molecule has 18 heavy (non-hydrogen) atoms. The molecule has 1 aromatic heterocycles. The Morgan fingerprint density at radius 3 is 2.39 bits per heavy atom. The summed E-state index contributed by atoms with van der Waals surface area (Å²) in [5.74, 6) is 0.668. The lowest BCUT2D eigenvalue weighted by molar-refractivity contribution is 0.394. The molecule has 0 aromatic carbocycles. The van der Waals surface area contributed by atoms with Gasteiger partial charge in [0.1, 0.15) is 0 Å². The Kier molecular flexibility index (Phi) is 4.22. The summed E-state index contributed by atoms with van der Waals surface area (Å²) in [5.41, 5.74) is 0.0771. The first-order valence-corrected chi connectivity index (χ1v) is 7.05. The van der Waals surface area contributed by atoms with Crippen LogP contribution in [0.3, 0.4) is 0 Å². The van der Waals surface area contributed by atoms with E-state index in [4.69, 9.17) is 4.42 Å². The van der Waals surface area contributed by atoms with Gasteiger partial charge in [0, 0.05) is 11.6 Å². The summed E-state index contributed by atoms with van der Waals surface area (Å²) in [6.07, 6.45) is 5.70. The number of rotatable bonds is 8. The highest BCUT2D eigenvalue weighted by Crippen LogP contribution is 2.25. The molecule has 1 heterocycles. The first kappa shape index (κ1) is 13.3. The van der Waals surface area contributed by atoms with Crippen LogP contribution < -0.4 is 10.6 Å². The van der Waals surface area contributed by atoms with E-state index < -0.39 is 0 Å². The summed E-state index contributed by atoms with van der Waals surface area (Å²) in [6.45, 7) is 7.24. The van der Waals surface area contributed by atoms with E-state index in [9.17, 15) is 0 Å². The van der Waals surface area contributed by atoms with E-state index in [0.717, 1.165) is 19.3 Å². The van der Waals surface area contributed by atoms with Crippen molar-refractivity contribution < 1.29 is 4.42 Å². The van der Waals surface area contributed by atoms with Gasteiger partial charge in [-0.05, 0) is 32.1 Å². The van der Waals surface area contributed by atoms with Crippen LogP contribution >= 0.6 is 0 Å². The lowest BCUT2D eigenvalue weighted by Crippen LogP contribution is -2.36. The molecule has 0 amide bonds. The molecule has 1 aliphatic rings. The summed E-state index contributed by atoms with van der Waals surface area (Å²) >= 11 is 0. The van der Waals surface area contributed by atoms with Crippen LogP contribution in [0, 0.1) is 0 Å². The van der Waals surface area contributed by atoms with E-state index in [2.05, 4.69) is 41.6 Å². The summed E-state index contributed by atoms with van der Waals surface area (Å²) in [4.78, 5) is 0. The zero-order valence-electron chi connectivity index (χ0n) is 11.6. The molecule has 0 radical (unpaired) electrons. The molecule has 1 fully saturated rings. The highest BCUT2D eigenvalue weighted by atomic mass is 16.4. The number of hydrogen-bond donors (Lipinski definition) is 2. The standard InChI is InChI=1S/C13H24N4O/c1-4-13(5-2,6-3)15-12-17-16-11(18-12)9-14-10-7-8-10/h10,14H,4-9H2,1-3H3,(H,15,17). The van der Waals surface area contributed by atoms with E-state index in [-0.39, 0.29) is 5.54 Å². The molecule has 1 aliphatic carbocycles. The van der Waals surface area contributed by atoms with Crippen molar-refractivity contribution in [3.05, 3.63) is 5.89 Å². The Balaban J connectivity index is 1.91. The first-order chi connectivity index (χ1) is 8.71. The van der Waals surface area contributed by atoms with Gasteiger partial charge in [-0.3, -0.25) is 0 Å². The molecular weight excluding hydrogens is 228 g/mol. The molecule has 2 rings (SSSR count). The number of aromatic nitrogens is 2. The van der Waals surface area contributed by atoms with E-state index in [0.29, 0.717) is 24.5 Å². The van der Waals surface area contributed by atoms with Gasteiger partial charge in [-0.15, -0.1) is 5.10 Å². The van der Waals surface area contributed by atoms with Gasteiger partial charge in [0.25, 0.3) is 0 Å². The summed E-state index contributed by atoms with van der Waals surface area (Å²) in [7, 11) is 0. The van der Waals surface area contributed by atoms with Gasteiger partial charge in [0.15, 0.2) is 0 Å². The third kappa shape index (κ3) is 3.22. The van der Waals surface area contributed by atoms with Crippen molar-refractivity contribution in [1.29, 1.82) is 0 Å². The smallest absolute Gasteiger partial charge is 0.315 e. The highest BCUT2D eigenvalue weighted by Gasteiger charge is 2.26. The zero-order chi connectivity index (χ0) is 13.0. The molecule has 0 saturated heterocycles. The molecule has 102 valence electrons. The Morgan fingerprint density at radius 1 is 1.17 bits per heavy atom. The van der Waals surface area contributed by atoms with Crippen molar-refractivity contribution in [2.24, 2.45) is 0 Å². The van der Waals surface area contributed by atoms with Crippen molar-refractivity contribution in [2.45, 2.75) is 71.0 Å². The second-order valence-corrected chi connectivity index (χ2v) is 5.12. The number of anilines is 1. The topological polar surface area (TPSA) is 63.0 Å². The van der Waals surface area contributed by atoms with Gasteiger partial charge in [0.05, 0.1) is 6.54 Å². The quantitative estimate of drug-likeness (QED) is 0.745. The van der Waals surface area contributed by atoms with Gasteiger partial charge < -0.3 is 15.1 Å². The average Bonchev–Trinajstić information content (AvgIpc) is 3.14. The van der Waals surface area contributed by atoms with Gasteiger partial charge in [-0.25, -0.2) is 0 Å².